The first kappa shape index (κ1) is 17.0. The fourth-order valence-corrected chi connectivity index (χ4v) is 4.33. The van der Waals surface area contributed by atoms with Crippen LogP contribution in [0.15, 0.2) is 6.20 Å². The van der Waals surface area contributed by atoms with Gasteiger partial charge in [0.05, 0.1) is 17.9 Å². The largest absolute Gasteiger partial charge is 0.478 e. The second-order valence-corrected chi connectivity index (χ2v) is 8.33. The van der Waals surface area contributed by atoms with Crippen molar-refractivity contribution in [3.05, 3.63) is 17.5 Å². The fourth-order valence-electron chi connectivity index (χ4n) is 4.33. The zero-order valence-electron chi connectivity index (χ0n) is 15.2. The van der Waals surface area contributed by atoms with Crippen molar-refractivity contribution in [3.63, 3.8) is 0 Å². The molecular formula is C18H27N3O3. The summed E-state index contributed by atoms with van der Waals surface area (Å²) in [7, 11) is 0. The molecule has 0 bridgehead atoms. The number of carbonyl (C=O) groups is 2. The van der Waals surface area contributed by atoms with Crippen molar-refractivity contribution >= 4 is 11.9 Å². The SMILES string of the molecule is Cc1c(C(=O)O)cnn1C1CCN(C(=O)C2C(C)(C)C2(C)C)CC1. The van der Waals surface area contributed by atoms with Crippen molar-refractivity contribution in [2.24, 2.45) is 16.7 Å². The molecule has 1 saturated heterocycles. The predicted octanol–water partition coefficient (Wildman–Crippen LogP) is 2.74. The van der Waals surface area contributed by atoms with Crippen molar-refractivity contribution in [3.8, 4) is 0 Å². The van der Waals surface area contributed by atoms with Gasteiger partial charge in [0.25, 0.3) is 0 Å². The third kappa shape index (κ3) is 2.34. The third-order valence-corrected chi connectivity index (χ3v) is 6.66. The van der Waals surface area contributed by atoms with E-state index in [4.69, 9.17) is 5.11 Å². The maximum atomic E-state index is 12.8. The minimum Gasteiger partial charge on any atom is -0.478 e. The fraction of sp³-hybridized carbons (Fsp3) is 0.722. The molecule has 6 nitrogen and oxygen atoms in total. The predicted molar refractivity (Wildman–Crippen MR) is 89.8 cm³/mol. The van der Waals surface area contributed by atoms with Gasteiger partial charge in [-0.2, -0.15) is 5.10 Å². The average Bonchev–Trinajstić information content (AvgIpc) is 2.79. The molecule has 2 fully saturated rings. The molecule has 1 aromatic heterocycles. The summed E-state index contributed by atoms with van der Waals surface area (Å²) >= 11 is 0. The molecule has 2 heterocycles. The molecule has 24 heavy (non-hydrogen) atoms. The summed E-state index contributed by atoms with van der Waals surface area (Å²) in [6.07, 6.45) is 3.06. The quantitative estimate of drug-likeness (QED) is 0.923. The summed E-state index contributed by atoms with van der Waals surface area (Å²) < 4.78 is 1.82. The van der Waals surface area contributed by atoms with E-state index in [9.17, 15) is 9.59 Å². The van der Waals surface area contributed by atoms with Crippen LogP contribution < -0.4 is 0 Å². The van der Waals surface area contributed by atoms with Crippen molar-refractivity contribution < 1.29 is 14.7 Å². The first-order valence-corrected chi connectivity index (χ1v) is 8.65. The van der Waals surface area contributed by atoms with E-state index < -0.39 is 5.97 Å². The number of aromatic nitrogens is 2. The zero-order valence-corrected chi connectivity index (χ0v) is 15.2. The van der Waals surface area contributed by atoms with Gasteiger partial charge in [0.2, 0.25) is 5.91 Å². The number of amides is 1. The minimum absolute atomic E-state index is 0.0654. The highest BCUT2D eigenvalue weighted by atomic mass is 16.4. The highest BCUT2D eigenvalue weighted by Crippen LogP contribution is 2.68. The van der Waals surface area contributed by atoms with Crippen LogP contribution in [0.1, 0.15) is 62.6 Å². The molecule has 0 unspecified atom stereocenters. The van der Waals surface area contributed by atoms with Gasteiger partial charge in [-0.15, -0.1) is 0 Å². The summed E-state index contributed by atoms with van der Waals surface area (Å²) in [5.41, 5.74) is 1.08. The Labute approximate surface area is 142 Å². The molecule has 2 aliphatic rings. The Hall–Kier alpha value is -1.85. The monoisotopic (exact) mass is 333 g/mol. The van der Waals surface area contributed by atoms with E-state index in [2.05, 4.69) is 32.8 Å². The van der Waals surface area contributed by atoms with Gasteiger partial charge in [-0.3, -0.25) is 9.48 Å². The first-order chi connectivity index (χ1) is 11.1. The number of hydrogen-bond donors (Lipinski definition) is 1. The Bertz CT molecular complexity index is 668. The van der Waals surface area contributed by atoms with E-state index in [0.717, 1.165) is 12.8 Å². The molecule has 6 heteroatoms. The highest BCUT2D eigenvalue weighted by Gasteiger charge is 2.68. The van der Waals surface area contributed by atoms with Crippen molar-refractivity contribution in [2.45, 2.75) is 53.5 Å². The molecule has 0 aromatic carbocycles. The van der Waals surface area contributed by atoms with Crippen LogP contribution in [0.3, 0.4) is 0 Å². The van der Waals surface area contributed by atoms with E-state index in [-0.39, 0.29) is 34.3 Å². The van der Waals surface area contributed by atoms with E-state index in [1.165, 1.54) is 6.20 Å². The summed E-state index contributed by atoms with van der Waals surface area (Å²) in [6, 6.07) is 0.169. The molecule has 1 aliphatic carbocycles. The van der Waals surface area contributed by atoms with Crippen LogP contribution in [0.2, 0.25) is 0 Å². The Kier molecular flexibility index (Phi) is 3.77. The van der Waals surface area contributed by atoms with Crippen LogP contribution in [0, 0.1) is 23.7 Å². The van der Waals surface area contributed by atoms with Crippen molar-refractivity contribution in [1.29, 1.82) is 0 Å². The van der Waals surface area contributed by atoms with E-state index in [1.54, 1.807) is 6.92 Å². The molecule has 1 saturated carbocycles. The molecule has 1 aromatic rings. The molecule has 3 rings (SSSR count). The average molecular weight is 333 g/mol. The number of carboxylic acids is 1. The van der Waals surface area contributed by atoms with Gasteiger partial charge >= 0.3 is 5.97 Å². The second-order valence-electron chi connectivity index (χ2n) is 8.33. The number of rotatable bonds is 3. The normalized spacial score (nSPS) is 23.3. The Morgan fingerprint density at radius 3 is 2.12 bits per heavy atom. The lowest BCUT2D eigenvalue weighted by Crippen LogP contribution is -2.41. The van der Waals surface area contributed by atoms with Crippen LogP contribution in [-0.2, 0) is 4.79 Å². The van der Waals surface area contributed by atoms with Gasteiger partial charge in [0.1, 0.15) is 5.56 Å². The van der Waals surface area contributed by atoms with Crippen molar-refractivity contribution in [1.82, 2.24) is 14.7 Å². The number of hydrogen-bond acceptors (Lipinski definition) is 3. The standard InChI is InChI=1S/C18H27N3O3/c1-11-13(16(23)24)10-19-21(11)12-6-8-20(9-7-12)15(22)14-17(2,3)18(14,4)5/h10,12,14H,6-9H2,1-5H3,(H,23,24). The lowest BCUT2D eigenvalue weighted by atomic mass is 10.0. The van der Waals surface area contributed by atoms with Crippen LogP contribution in [0.25, 0.3) is 0 Å². The number of piperidine rings is 1. The molecule has 0 spiro atoms. The van der Waals surface area contributed by atoms with E-state index >= 15 is 0 Å². The number of carbonyl (C=O) groups excluding carboxylic acids is 1. The number of likely N-dealkylation sites (tertiary alicyclic amines) is 1. The molecular weight excluding hydrogens is 306 g/mol. The van der Waals surface area contributed by atoms with Gasteiger partial charge in [0, 0.05) is 19.0 Å². The maximum Gasteiger partial charge on any atom is 0.339 e. The molecule has 0 atom stereocenters. The van der Waals surface area contributed by atoms with Gasteiger partial charge in [-0.1, -0.05) is 27.7 Å². The van der Waals surface area contributed by atoms with Crippen LogP contribution in [0.5, 0.6) is 0 Å². The van der Waals surface area contributed by atoms with Gasteiger partial charge in [-0.05, 0) is 30.6 Å². The van der Waals surface area contributed by atoms with Crippen LogP contribution in [-0.4, -0.2) is 44.8 Å². The van der Waals surface area contributed by atoms with Crippen LogP contribution in [0.4, 0.5) is 0 Å². The maximum absolute atomic E-state index is 12.8. The summed E-state index contributed by atoms with van der Waals surface area (Å²) in [6.45, 7) is 11.9. The third-order valence-electron chi connectivity index (χ3n) is 6.66. The summed E-state index contributed by atoms with van der Waals surface area (Å²) in [5, 5.41) is 13.4. The summed E-state index contributed by atoms with van der Waals surface area (Å²) in [4.78, 5) is 26.0. The molecule has 0 radical (unpaired) electrons. The van der Waals surface area contributed by atoms with Crippen molar-refractivity contribution in [2.75, 3.05) is 13.1 Å². The Balaban J connectivity index is 1.65. The first-order valence-electron chi connectivity index (χ1n) is 8.65. The highest BCUT2D eigenvalue weighted by molar-refractivity contribution is 5.88. The van der Waals surface area contributed by atoms with Gasteiger partial charge in [0.15, 0.2) is 0 Å². The minimum atomic E-state index is -0.940. The Morgan fingerprint density at radius 2 is 1.71 bits per heavy atom. The van der Waals surface area contributed by atoms with Gasteiger partial charge in [-0.25, -0.2) is 4.79 Å². The van der Waals surface area contributed by atoms with Gasteiger partial charge < -0.3 is 10.0 Å². The molecule has 1 aliphatic heterocycles. The molecule has 132 valence electrons. The Morgan fingerprint density at radius 1 is 1.17 bits per heavy atom. The van der Waals surface area contributed by atoms with E-state index in [1.807, 2.05) is 9.58 Å². The lowest BCUT2D eigenvalue weighted by molar-refractivity contribution is -0.135. The number of aromatic carboxylic acids is 1. The molecule has 1 amide bonds. The number of carboxylic acid groups (broad SMARTS) is 1. The molecule has 1 N–H and O–H groups in total. The number of nitrogens with zero attached hydrogens (tertiary/aromatic N) is 3. The van der Waals surface area contributed by atoms with E-state index in [0.29, 0.717) is 18.8 Å². The van der Waals surface area contributed by atoms with Crippen LogP contribution >= 0.6 is 0 Å². The zero-order chi connectivity index (χ0) is 17.9. The second kappa shape index (κ2) is 5.33. The summed E-state index contributed by atoms with van der Waals surface area (Å²) in [5.74, 6) is -0.567. The topological polar surface area (TPSA) is 75.4 Å². The lowest BCUT2D eigenvalue weighted by Gasteiger charge is -2.33. The smallest absolute Gasteiger partial charge is 0.339 e.